The van der Waals surface area contributed by atoms with Crippen molar-refractivity contribution in [2.24, 2.45) is 0 Å². The Hall–Kier alpha value is -2.60. The summed E-state index contributed by atoms with van der Waals surface area (Å²) < 4.78 is 0. The Balaban J connectivity index is 1.83. The molecule has 0 saturated carbocycles. The Labute approximate surface area is 122 Å². The highest BCUT2D eigenvalue weighted by molar-refractivity contribution is 5.96. The lowest BCUT2D eigenvalue weighted by Gasteiger charge is -2.10. The van der Waals surface area contributed by atoms with Crippen LogP contribution in [0.1, 0.15) is 6.42 Å². The molecule has 0 aliphatic heterocycles. The number of amides is 2. The number of benzene rings is 2. The maximum absolute atomic E-state index is 11.3. The summed E-state index contributed by atoms with van der Waals surface area (Å²) in [5, 5.41) is 16.4. The quantitative estimate of drug-likeness (QED) is 0.279. The monoisotopic (exact) mass is 287 g/mol. The van der Waals surface area contributed by atoms with Crippen molar-refractivity contribution in [2.45, 2.75) is 6.42 Å². The van der Waals surface area contributed by atoms with Crippen LogP contribution in [0.5, 0.6) is 0 Å². The van der Waals surface area contributed by atoms with Crippen molar-refractivity contribution >= 4 is 28.3 Å². The molecule has 0 saturated heterocycles. The number of hydrogen-bond acceptors (Lipinski definition) is 4. The molecular weight excluding hydrogens is 270 g/mol. The van der Waals surface area contributed by atoms with Crippen LogP contribution in [0, 0.1) is 0 Å². The Kier molecular flexibility index (Phi) is 5.11. The van der Waals surface area contributed by atoms with E-state index >= 15 is 0 Å². The minimum atomic E-state index is -0.727. The van der Waals surface area contributed by atoms with Crippen molar-refractivity contribution < 1.29 is 14.8 Å². The first kappa shape index (κ1) is 14.8. The van der Waals surface area contributed by atoms with Gasteiger partial charge in [-0.1, -0.05) is 36.4 Å². The predicted octanol–water partition coefficient (Wildman–Crippen LogP) is 1.26. The predicted molar refractivity (Wildman–Crippen MR) is 80.0 cm³/mol. The SMILES string of the molecule is O=C(CC(=O)NCCNc1cccc2ccccc12)NO. The van der Waals surface area contributed by atoms with Crippen molar-refractivity contribution in [1.29, 1.82) is 0 Å². The zero-order valence-corrected chi connectivity index (χ0v) is 11.4. The van der Waals surface area contributed by atoms with Crippen LogP contribution in [0.25, 0.3) is 10.8 Å². The fraction of sp³-hybridized carbons (Fsp3) is 0.200. The summed E-state index contributed by atoms with van der Waals surface area (Å²) in [5.74, 6) is -1.16. The molecule has 2 rings (SSSR count). The van der Waals surface area contributed by atoms with Gasteiger partial charge in [0.2, 0.25) is 5.91 Å². The second-order valence-corrected chi connectivity index (χ2v) is 4.52. The maximum atomic E-state index is 11.3. The smallest absolute Gasteiger partial charge is 0.252 e. The number of anilines is 1. The molecule has 0 aliphatic rings. The highest BCUT2D eigenvalue weighted by Crippen LogP contribution is 2.22. The highest BCUT2D eigenvalue weighted by atomic mass is 16.5. The fourth-order valence-corrected chi connectivity index (χ4v) is 2.03. The number of carbonyl (C=O) groups excluding carboxylic acids is 2. The van der Waals surface area contributed by atoms with Crippen LogP contribution in [0.2, 0.25) is 0 Å². The van der Waals surface area contributed by atoms with Crippen molar-refractivity contribution in [3.05, 3.63) is 42.5 Å². The van der Waals surface area contributed by atoms with E-state index in [4.69, 9.17) is 5.21 Å². The molecule has 0 spiro atoms. The van der Waals surface area contributed by atoms with Gasteiger partial charge in [-0.15, -0.1) is 0 Å². The van der Waals surface area contributed by atoms with Crippen molar-refractivity contribution in [3.8, 4) is 0 Å². The minimum absolute atomic E-state index is 0.384. The minimum Gasteiger partial charge on any atom is -0.383 e. The first-order valence-corrected chi connectivity index (χ1v) is 6.62. The van der Waals surface area contributed by atoms with E-state index in [2.05, 4.69) is 10.6 Å². The third-order valence-corrected chi connectivity index (χ3v) is 3.00. The zero-order chi connectivity index (χ0) is 15.1. The molecule has 0 fully saturated rings. The molecule has 110 valence electrons. The van der Waals surface area contributed by atoms with E-state index in [0.29, 0.717) is 13.1 Å². The van der Waals surface area contributed by atoms with E-state index in [9.17, 15) is 9.59 Å². The molecule has 21 heavy (non-hydrogen) atoms. The van der Waals surface area contributed by atoms with E-state index < -0.39 is 11.8 Å². The average Bonchev–Trinajstić information content (AvgIpc) is 2.51. The summed E-state index contributed by atoms with van der Waals surface area (Å²) in [6.45, 7) is 0.932. The summed E-state index contributed by atoms with van der Waals surface area (Å²) in [6.07, 6.45) is -0.384. The topological polar surface area (TPSA) is 90.5 Å². The number of rotatable bonds is 6. The molecule has 2 aromatic rings. The van der Waals surface area contributed by atoms with Crippen LogP contribution in [0.3, 0.4) is 0 Å². The molecule has 6 heteroatoms. The maximum Gasteiger partial charge on any atom is 0.252 e. The van der Waals surface area contributed by atoms with Gasteiger partial charge >= 0.3 is 0 Å². The molecule has 4 N–H and O–H groups in total. The number of fused-ring (bicyclic) bond motifs is 1. The van der Waals surface area contributed by atoms with Gasteiger partial charge in [-0.25, -0.2) is 5.48 Å². The molecular formula is C15H17N3O3. The normalized spacial score (nSPS) is 10.1. The van der Waals surface area contributed by atoms with Gasteiger partial charge < -0.3 is 10.6 Å². The standard InChI is InChI=1S/C15H17N3O3/c19-14(10-15(20)18-21)17-9-8-16-13-7-3-5-11-4-1-2-6-12(11)13/h1-7,16,21H,8-10H2,(H,17,19)(H,18,20). The fourth-order valence-electron chi connectivity index (χ4n) is 2.03. The Bertz CT molecular complexity index is 638. The summed E-state index contributed by atoms with van der Waals surface area (Å²) in [6, 6.07) is 14.0. The van der Waals surface area contributed by atoms with E-state index in [1.54, 1.807) is 0 Å². The molecule has 0 aromatic heterocycles. The van der Waals surface area contributed by atoms with Crippen LogP contribution in [-0.4, -0.2) is 30.1 Å². The Morgan fingerprint density at radius 3 is 2.52 bits per heavy atom. The second-order valence-electron chi connectivity index (χ2n) is 4.52. The lowest BCUT2D eigenvalue weighted by molar-refractivity contribution is -0.134. The molecule has 0 radical (unpaired) electrons. The van der Waals surface area contributed by atoms with E-state index in [1.807, 2.05) is 42.5 Å². The van der Waals surface area contributed by atoms with E-state index in [1.165, 1.54) is 5.48 Å². The lowest BCUT2D eigenvalue weighted by atomic mass is 10.1. The largest absolute Gasteiger partial charge is 0.383 e. The van der Waals surface area contributed by atoms with Crippen LogP contribution in [0.4, 0.5) is 5.69 Å². The van der Waals surface area contributed by atoms with Gasteiger partial charge in [0.1, 0.15) is 6.42 Å². The number of hydrogen-bond donors (Lipinski definition) is 4. The summed E-state index contributed by atoms with van der Waals surface area (Å²) in [4.78, 5) is 22.1. The third-order valence-electron chi connectivity index (χ3n) is 3.00. The lowest BCUT2D eigenvalue weighted by Crippen LogP contribution is -2.33. The van der Waals surface area contributed by atoms with Crippen LogP contribution in [0.15, 0.2) is 42.5 Å². The molecule has 0 heterocycles. The van der Waals surface area contributed by atoms with E-state index in [-0.39, 0.29) is 6.42 Å². The van der Waals surface area contributed by atoms with Crippen molar-refractivity contribution in [2.75, 3.05) is 18.4 Å². The van der Waals surface area contributed by atoms with Crippen LogP contribution >= 0.6 is 0 Å². The third kappa shape index (κ3) is 4.19. The Morgan fingerprint density at radius 1 is 0.952 bits per heavy atom. The number of nitrogens with one attached hydrogen (secondary N) is 3. The molecule has 6 nitrogen and oxygen atoms in total. The molecule has 0 aliphatic carbocycles. The van der Waals surface area contributed by atoms with Gasteiger partial charge in [0.05, 0.1) is 0 Å². The summed E-state index contributed by atoms with van der Waals surface area (Å²) >= 11 is 0. The summed E-state index contributed by atoms with van der Waals surface area (Å²) in [7, 11) is 0. The number of carbonyl (C=O) groups is 2. The molecule has 2 amide bonds. The first-order valence-electron chi connectivity index (χ1n) is 6.62. The highest BCUT2D eigenvalue weighted by Gasteiger charge is 2.07. The van der Waals surface area contributed by atoms with Crippen molar-refractivity contribution in [3.63, 3.8) is 0 Å². The van der Waals surface area contributed by atoms with Crippen LogP contribution in [-0.2, 0) is 9.59 Å². The molecule has 0 bridgehead atoms. The second kappa shape index (κ2) is 7.25. The zero-order valence-electron chi connectivity index (χ0n) is 11.4. The van der Waals surface area contributed by atoms with E-state index in [0.717, 1.165) is 16.5 Å². The van der Waals surface area contributed by atoms with Gasteiger partial charge in [-0.05, 0) is 11.5 Å². The van der Waals surface area contributed by atoms with Gasteiger partial charge in [-0.2, -0.15) is 0 Å². The van der Waals surface area contributed by atoms with Gasteiger partial charge in [-0.3, -0.25) is 14.8 Å². The summed E-state index contributed by atoms with van der Waals surface area (Å²) in [5.41, 5.74) is 2.41. The average molecular weight is 287 g/mol. The molecule has 2 aromatic carbocycles. The molecule has 0 unspecified atom stereocenters. The number of hydroxylamine groups is 1. The molecule has 0 atom stereocenters. The first-order chi connectivity index (χ1) is 10.2. The van der Waals surface area contributed by atoms with Gasteiger partial charge in [0.25, 0.3) is 5.91 Å². The van der Waals surface area contributed by atoms with Gasteiger partial charge in [0.15, 0.2) is 0 Å². The van der Waals surface area contributed by atoms with Gasteiger partial charge in [0, 0.05) is 24.2 Å². The van der Waals surface area contributed by atoms with Crippen molar-refractivity contribution in [1.82, 2.24) is 10.8 Å². The Morgan fingerprint density at radius 2 is 1.71 bits per heavy atom. The van der Waals surface area contributed by atoms with Crippen LogP contribution < -0.4 is 16.1 Å².